The van der Waals surface area contributed by atoms with Crippen molar-refractivity contribution in [1.82, 2.24) is 0 Å². The Morgan fingerprint density at radius 1 is 0.733 bits per heavy atom. The van der Waals surface area contributed by atoms with Gasteiger partial charge < -0.3 is 0 Å². The summed E-state index contributed by atoms with van der Waals surface area (Å²) in [6.07, 6.45) is 16.3. The van der Waals surface area contributed by atoms with E-state index in [2.05, 4.69) is 13.8 Å². The molecule has 0 N–H and O–H groups in total. The third-order valence-electron chi connectivity index (χ3n) is 4.06. The van der Waals surface area contributed by atoms with Gasteiger partial charge in [-0.25, -0.2) is 0 Å². The minimum absolute atomic E-state index is 1.09. The fourth-order valence-corrected chi connectivity index (χ4v) is 3.15. The van der Waals surface area contributed by atoms with E-state index in [4.69, 9.17) is 0 Å². The second kappa shape index (κ2) is 8.19. The molecular formula is C15H30. The van der Waals surface area contributed by atoms with Crippen molar-refractivity contribution in [3.05, 3.63) is 0 Å². The van der Waals surface area contributed by atoms with Crippen molar-refractivity contribution in [2.24, 2.45) is 11.8 Å². The lowest BCUT2D eigenvalue weighted by Crippen LogP contribution is -1.96. The summed E-state index contributed by atoms with van der Waals surface area (Å²) in [6, 6.07) is 0. The van der Waals surface area contributed by atoms with E-state index in [1.807, 2.05) is 0 Å². The fourth-order valence-electron chi connectivity index (χ4n) is 3.15. The Morgan fingerprint density at radius 3 is 2.07 bits per heavy atom. The number of unbranched alkanes of at least 4 members (excludes halogenated alkanes) is 4. The summed E-state index contributed by atoms with van der Waals surface area (Å²) in [4.78, 5) is 0. The molecule has 2 atom stereocenters. The zero-order valence-electron chi connectivity index (χ0n) is 10.9. The van der Waals surface area contributed by atoms with Crippen LogP contribution in [0.25, 0.3) is 0 Å². The molecule has 1 rings (SSSR count). The van der Waals surface area contributed by atoms with E-state index in [0.717, 1.165) is 11.8 Å². The van der Waals surface area contributed by atoms with Gasteiger partial charge in [-0.15, -0.1) is 0 Å². The molecule has 0 saturated heterocycles. The molecule has 0 radical (unpaired) electrons. The summed E-state index contributed by atoms with van der Waals surface area (Å²) in [5.41, 5.74) is 0. The van der Waals surface area contributed by atoms with Crippen LogP contribution in [-0.4, -0.2) is 0 Å². The lowest BCUT2D eigenvalue weighted by atomic mass is 9.96. The van der Waals surface area contributed by atoms with Crippen LogP contribution in [0.3, 0.4) is 0 Å². The first-order valence-electron chi connectivity index (χ1n) is 7.36. The van der Waals surface area contributed by atoms with E-state index in [9.17, 15) is 0 Å². The third kappa shape index (κ3) is 5.58. The quantitative estimate of drug-likeness (QED) is 0.460. The van der Waals surface area contributed by atoms with Gasteiger partial charge in [-0.2, -0.15) is 0 Å². The van der Waals surface area contributed by atoms with Gasteiger partial charge in [-0.05, 0) is 18.3 Å². The van der Waals surface area contributed by atoms with Crippen molar-refractivity contribution in [1.29, 1.82) is 0 Å². The van der Waals surface area contributed by atoms with E-state index >= 15 is 0 Å². The Labute approximate surface area is 96.8 Å². The first-order chi connectivity index (χ1) is 7.36. The van der Waals surface area contributed by atoms with Crippen LogP contribution in [0.4, 0.5) is 0 Å². The maximum absolute atomic E-state index is 2.33. The standard InChI is InChI=1S/C15H30/c1-3-5-6-7-8-10-15-12-11-14(13-15)9-4-2/h14-15H,3-13H2,1-2H3. The van der Waals surface area contributed by atoms with Gasteiger partial charge in [-0.3, -0.25) is 0 Å². The van der Waals surface area contributed by atoms with E-state index in [1.165, 1.54) is 57.8 Å². The maximum atomic E-state index is 2.33. The van der Waals surface area contributed by atoms with Gasteiger partial charge in [0.2, 0.25) is 0 Å². The Hall–Kier alpha value is 0. The number of rotatable bonds is 8. The van der Waals surface area contributed by atoms with Crippen LogP contribution in [-0.2, 0) is 0 Å². The molecule has 0 aromatic heterocycles. The Bertz CT molecular complexity index is 139. The van der Waals surface area contributed by atoms with Crippen LogP contribution in [0.1, 0.15) is 84.5 Å². The van der Waals surface area contributed by atoms with Crippen molar-refractivity contribution in [2.45, 2.75) is 84.5 Å². The summed E-state index contributed by atoms with van der Waals surface area (Å²) in [5, 5.41) is 0. The minimum Gasteiger partial charge on any atom is -0.0654 e. The third-order valence-corrected chi connectivity index (χ3v) is 4.06. The molecule has 1 aliphatic carbocycles. The summed E-state index contributed by atoms with van der Waals surface area (Å²) in [5.74, 6) is 2.19. The predicted octanol–water partition coefficient (Wildman–Crippen LogP) is 5.56. The zero-order chi connectivity index (χ0) is 10.9. The highest BCUT2D eigenvalue weighted by molar-refractivity contribution is 4.75. The monoisotopic (exact) mass is 210 g/mol. The van der Waals surface area contributed by atoms with Crippen LogP contribution >= 0.6 is 0 Å². The minimum atomic E-state index is 1.09. The molecule has 0 heterocycles. The normalized spacial score (nSPS) is 26.0. The van der Waals surface area contributed by atoms with E-state index in [-0.39, 0.29) is 0 Å². The van der Waals surface area contributed by atoms with Crippen molar-refractivity contribution < 1.29 is 0 Å². The van der Waals surface area contributed by atoms with E-state index < -0.39 is 0 Å². The zero-order valence-corrected chi connectivity index (χ0v) is 10.9. The predicted molar refractivity (Wildman–Crippen MR) is 69.1 cm³/mol. The molecule has 0 aromatic carbocycles. The molecular weight excluding hydrogens is 180 g/mol. The molecule has 0 bridgehead atoms. The van der Waals surface area contributed by atoms with Gasteiger partial charge in [0, 0.05) is 0 Å². The maximum Gasteiger partial charge on any atom is -0.0412 e. The molecule has 0 heteroatoms. The average Bonchev–Trinajstić information content (AvgIpc) is 2.66. The second-order valence-electron chi connectivity index (χ2n) is 5.54. The molecule has 90 valence electrons. The lowest BCUT2D eigenvalue weighted by molar-refractivity contribution is 0.425. The topological polar surface area (TPSA) is 0 Å². The van der Waals surface area contributed by atoms with Gasteiger partial charge in [0.1, 0.15) is 0 Å². The summed E-state index contributed by atoms with van der Waals surface area (Å²) in [7, 11) is 0. The van der Waals surface area contributed by atoms with Gasteiger partial charge in [0.05, 0.1) is 0 Å². The van der Waals surface area contributed by atoms with E-state index in [1.54, 1.807) is 12.8 Å². The van der Waals surface area contributed by atoms with Crippen LogP contribution in [0, 0.1) is 11.8 Å². The first-order valence-corrected chi connectivity index (χ1v) is 7.36. The largest absolute Gasteiger partial charge is 0.0654 e. The van der Waals surface area contributed by atoms with Crippen LogP contribution in [0.2, 0.25) is 0 Å². The molecule has 1 aliphatic rings. The van der Waals surface area contributed by atoms with Crippen LogP contribution < -0.4 is 0 Å². The summed E-state index contributed by atoms with van der Waals surface area (Å²) < 4.78 is 0. The van der Waals surface area contributed by atoms with Gasteiger partial charge >= 0.3 is 0 Å². The fraction of sp³-hybridized carbons (Fsp3) is 1.00. The molecule has 1 saturated carbocycles. The SMILES string of the molecule is CCCCCCCC1CCC(CCC)C1. The molecule has 0 amide bonds. The van der Waals surface area contributed by atoms with Crippen molar-refractivity contribution in [2.75, 3.05) is 0 Å². The molecule has 0 nitrogen and oxygen atoms in total. The van der Waals surface area contributed by atoms with Crippen molar-refractivity contribution in [3.8, 4) is 0 Å². The second-order valence-corrected chi connectivity index (χ2v) is 5.54. The molecule has 0 aliphatic heterocycles. The van der Waals surface area contributed by atoms with Gasteiger partial charge in [0.15, 0.2) is 0 Å². The highest BCUT2D eigenvalue weighted by atomic mass is 14.3. The van der Waals surface area contributed by atoms with Crippen LogP contribution in [0.5, 0.6) is 0 Å². The lowest BCUT2D eigenvalue weighted by Gasteiger charge is -2.10. The molecule has 2 unspecified atom stereocenters. The molecule has 0 spiro atoms. The van der Waals surface area contributed by atoms with Crippen molar-refractivity contribution in [3.63, 3.8) is 0 Å². The summed E-state index contributed by atoms with van der Waals surface area (Å²) in [6.45, 7) is 4.63. The van der Waals surface area contributed by atoms with Crippen LogP contribution in [0.15, 0.2) is 0 Å². The Balaban J connectivity index is 1.94. The highest BCUT2D eigenvalue weighted by Gasteiger charge is 2.22. The van der Waals surface area contributed by atoms with Gasteiger partial charge in [-0.1, -0.05) is 78.1 Å². The smallest absolute Gasteiger partial charge is 0.0412 e. The molecule has 1 fully saturated rings. The van der Waals surface area contributed by atoms with E-state index in [0.29, 0.717) is 0 Å². The van der Waals surface area contributed by atoms with Crippen molar-refractivity contribution >= 4 is 0 Å². The Kier molecular flexibility index (Phi) is 7.13. The first kappa shape index (κ1) is 13.1. The highest BCUT2D eigenvalue weighted by Crippen LogP contribution is 2.36. The van der Waals surface area contributed by atoms with Gasteiger partial charge in [0.25, 0.3) is 0 Å². The molecule has 15 heavy (non-hydrogen) atoms. The number of hydrogen-bond acceptors (Lipinski definition) is 0. The summed E-state index contributed by atoms with van der Waals surface area (Å²) >= 11 is 0. The Morgan fingerprint density at radius 2 is 1.40 bits per heavy atom. The number of hydrogen-bond donors (Lipinski definition) is 0. The molecule has 0 aromatic rings. The average molecular weight is 210 g/mol.